The van der Waals surface area contributed by atoms with Crippen molar-refractivity contribution in [2.75, 3.05) is 31.4 Å². The van der Waals surface area contributed by atoms with E-state index in [2.05, 4.69) is 5.32 Å². The van der Waals surface area contributed by atoms with Crippen LogP contribution in [0.4, 0.5) is 24.5 Å². The van der Waals surface area contributed by atoms with Gasteiger partial charge in [-0.3, -0.25) is 0 Å². The number of nitrogens with two attached hydrogens (primary N) is 1. The molecule has 0 heterocycles. The van der Waals surface area contributed by atoms with Crippen molar-refractivity contribution in [2.45, 2.75) is 18.6 Å². The lowest BCUT2D eigenvalue weighted by Gasteiger charge is -2.21. The Morgan fingerprint density at radius 1 is 1.42 bits per heavy atom. The van der Waals surface area contributed by atoms with Crippen molar-refractivity contribution in [1.29, 1.82) is 0 Å². The smallest absolute Gasteiger partial charge is 0.399 e. The third-order valence-corrected chi connectivity index (χ3v) is 2.55. The first-order valence-corrected chi connectivity index (χ1v) is 5.71. The van der Waals surface area contributed by atoms with Gasteiger partial charge in [0.25, 0.3) is 0 Å². The molecule has 0 aliphatic heterocycles. The SMILES string of the molecule is COCC(CCO)Nc1ccc(N)cc1C(F)(F)F. The third-order valence-electron chi connectivity index (χ3n) is 2.55. The van der Waals surface area contributed by atoms with Crippen LogP contribution < -0.4 is 11.1 Å². The normalized spacial score (nSPS) is 13.3. The molecular formula is C12H17F3N2O2. The summed E-state index contributed by atoms with van der Waals surface area (Å²) in [5.41, 5.74) is 4.53. The number of rotatable bonds is 6. The van der Waals surface area contributed by atoms with Crippen LogP contribution in [0.3, 0.4) is 0 Å². The highest BCUT2D eigenvalue weighted by Gasteiger charge is 2.34. The predicted octanol–water partition coefficient (Wildman–Crippen LogP) is 2.10. The first-order valence-electron chi connectivity index (χ1n) is 5.71. The van der Waals surface area contributed by atoms with Crippen molar-refractivity contribution in [3.8, 4) is 0 Å². The number of nitrogens with one attached hydrogen (secondary N) is 1. The van der Waals surface area contributed by atoms with E-state index >= 15 is 0 Å². The summed E-state index contributed by atoms with van der Waals surface area (Å²) in [4.78, 5) is 0. The van der Waals surface area contributed by atoms with E-state index in [4.69, 9.17) is 15.6 Å². The molecule has 1 aromatic rings. The molecule has 1 aromatic carbocycles. The Bertz CT molecular complexity index is 404. The van der Waals surface area contributed by atoms with Gasteiger partial charge >= 0.3 is 6.18 Å². The third kappa shape index (κ3) is 4.60. The van der Waals surface area contributed by atoms with Gasteiger partial charge in [-0.15, -0.1) is 0 Å². The molecule has 108 valence electrons. The van der Waals surface area contributed by atoms with Crippen LogP contribution >= 0.6 is 0 Å². The molecule has 0 saturated carbocycles. The van der Waals surface area contributed by atoms with Crippen LogP contribution in [-0.4, -0.2) is 31.5 Å². The molecule has 1 unspecified atom stereocenters. The summed E-state index contributed by atoms with van der Waals surface area (Å²) in [6, 6.07) is 3.14. The Kier molecular flexibility index (Phi) is 5.44. The van der Waals surface area contributed by atoms with E-state index in [-0.39, 0.29) is 31.0 Å². The summed E-state index contributed by atoms with van der Waals surface area (Å²) in [6.45, 7) is 0.0551. The van der Waals surface area contributed by atoms with Crippen LogP contribution in [0.25, 0.3) is 0 Å². The molecule has 4 N–H and O–H groups in total. The van der Waals surface area contributed by atoms with E-state index in [0.717, 1.165) is 6.07 Å². The van der Waals surface area contributed by atoms with E-state index in [1.807, 2.05) is 0 Å². The number of benzene rings is 1. The minimum absolute atomic E-state index is 0.0447. The Morgan fingerprint density at radius 3 is 2.63 bits per heavy atom. The monoisotopic (exact) mass is 278 g/mol. The van der Waals surface area contributed by atoms with Gasteiger partial charge in [-0.05, 0) is 24.6 Å². The van der Waals surface area contributed by atoms with Crippen molar-refractivity contribution in [2.24, 2.45) is 0 Å². The number of alkyl halides is 3. The molecule has 0 fully saturated rings. The second kappa shape index (κ2) is 6.63. The van der Waals surface area contributed by atoms with Crippen molar-refractivity contribution in [3.63, 3.8) is 0 Å². The number of ether oxygens (including phenoxy) is 1. The second-order valence-corrected chi connectivity index (χ2v) is 4.11. The van der Waals surface area contributed by atoms with E-state index in [0.29, 0.717) is 0 Å². The molecule has 7 heteroatoms. The maximum absolute atomic E-state index is 12.9. The molecule has 0 saturated heterocycles. The minimum Gasteiger partial charge on any atom is -0.399 e. The predicted molar refractivity (Wildman–Crippen MR) is 66.8 cm³/mol. The van der Waals surface area contributed by atoms with Gasteiger partial charge in [0.15, 0.2) is 0 Å². The summed E-state index contributed by atoms with van der Waals surface area (Å²) in [7, 11) is 1.44. The average molecular weight is 278 g/mol. The molecule has 0 aromatic heterocycles. The van der Waals surface area contributed by atoms with Crippen LogP contribution in [0.2, 0.25) is 0 Å². The van der Waals surface area contributed by atoms with Crippen molar-refractivity contribution in [1.82, 2.24) is 0 Å². The molecular weight excluding hydrogens is 261 g/mol. The summed E-state index contributed by atoms with van der Waals surface area (Å²) in [5.74, 6) is 0. The van der Waals surface area contributed by atoms with Crippen molar-refractivity contribution in [3.05, 3.63) is 23.8 Å². The summed E-state index contributed by atoms with van der Waals surface area (Å²) < 4.78 is 43.5. The first kappa shape index (κ1) is 15.6. The number of aliphatic hydroxyl groups is 1. The van der Waals surface area contributed by atoms with Crippen molar-refractivity contribution < 1.29 is 23.0 Å². The fourth-order valence-electron chi connectivity index (χ4n) is 1.70. The Balaban J connectivity index is 2.98. The van der Waals surface area contributed by atoms with Crippen LogP contribution in [-0.2, 0) is 10.9 Å². The Morgan fingerprint density at radius 2 is 2.11 bits per heavy atom. The fraction of sp³-hybridized carbons (Fsp3) is 0.500. The molecule has 1 atom stereocenters. The number of halogens is 3. The van der Waals surface area contributed by atoms with Gasteiger partial charge in [-0.25, -0.2) is 0 Å². The maximum Gasteiger partial charge on any atom is 0.418 e. The van der Waals surface area contributed by atoms with E-state index in [9.17, 15) is 13.2 Å². The summed E-state index contributed by atoms with van der Waals surface area (Å²) in [5, 5.41) is 11.6. The number of anilines is 2. The average Bonchev–Trinajstić information content (AvgIpc) is 2.31. The number of nitrogen functional groups attached to an aromatic ring is 1. The highest BCUT2D eigenvalue weighted by molar-refractivity contribution is 5.59. The van der Waals surface area contributed by atoms with Crippen LogP contribution in [0.5, 0.6) is 0 Å². The molecule has 0 aliphatic rings. The van der Waals surface area contributed by atoms with Gasteiger partial charge in [0.2, 0.25) is 0 Å². The molecule has 0 aliphatic carbocycles. The number of aliphatic hydroxyl groups excluding tert-OH is 1. The maximum atomic E-state index is 12.9. The summed E-state index contributed by atoms with van der Waals surface area (Å²) >= 11 is 0. The van der Waals surface area contributed by atoms with Gasteiger partial charge in [0.1, 0.15) is 0 Å². The van der Waals surface area contributed by atoms with Gasteiger partial charge in [0, 0.05) is 25.1 Å². The van der Waals surface area contributed by atoms with Crippen LogP contribution in [0.15, 0.2) is 18.2 Å². The topological polar surface area (TPSA) is 67.5 Å². The lowest BCUT2D eigenvalue weighted by atomic mass is 10.1. The lowest BCUT2D eigenvalue weighted by Crippen LogP contribution is -2.27. The molecule has 0 spiro atoms. The van der Waals surface area contributed by atoms with Crippen LogP contribution in [0, 0.1) is 0 Å². The zero-order valence-electron chi connectivity index (χ0n) is 10.5. The van der Waals surface area contributed by atoms with Gasteiger partial charge < -0.3 is 20.9 Å². The molecule has 19 heavy (non-hydrogen) atoms. The number of hydrogen-bond acceptors (Lipinski definition) is 4. The molecule has 4 nitrogen and oxygen atoms in total. The van der Waals surface area contributed by atoms with E-state index in [1.54, 1.807) is 0 Å². The van der Waals surface area contributed by atoms with E-state index in [1.165, 1.54) is 19.2 Å². The van der Waals surface area contributed by atoms with Gasteiger partial charge in [-0.1, -0.05) is 0 Å². The van der Waals surface area contributed by atoms with E-state index < -0.39 is 17.8 Å². The minimum atomic E-state index is -4.49. The zero-order chi connectivity index (χ0) is 14.5. The lowest BCUT2D eigenvalue weighted by molar-refractivity contribution is -0.136. The zero-order valence-corrected chi connectivity index (χ0v) is 10.5. The number of hydrogen-bond donors (Lipinski definition) is 3. The second-order valence-electron chi connectivity index (χ2n) is 4.11. The fourth-order valence-corrected chi connectivity index (χ4v) is 1.70. The van der Waals surface area contributed by atoms with Crippen LogP contribution in [0.1, 0.15) is 12.0 Å². The van der Waals surface area contributed by atoms with Crippen molar-refractivity contribution >= 4 is 11.4 Å². The Labute approximate surface area is 109 Å². The molecule has 0 radical (unpaired) electrons. The highest BCUT2D eigenvalue weighted by Crippen LogP contribution is 2.36. The van der Waals surface area contributed by atoms with Gasteiger partial charge in [0.05, 0.1) is 18.2 Å². The molecule has 0 amide bonds. The Hall–Kier alpha value is -1.47. The highest BCUT2D eigenvalue weighted by atomic mass is 19.4. The first-order chi connectivity index (χ1) is 8.88. The number of methoxy groups -OCH3 is 1. The largest absolute Gasteiger partial charge is 0.418 e. The summed E-state index contributed by atoms with van der Waals surface area (Å²) in [6.07, 6.45) is -4.20. The quantitative estimate of drug-likeness (QED) is 0.697. The molecule has 0 bridgehead atoms. The molecule has 1 rings (SSSR count). The van der Waals surface area contributed by atoms with Gasteiger partial charge in [-0.2, -0.15) is 13.2 Å². The standard InChI is InChI=1S/C12H17F3N2O2/c1-19-7-9(4-5-18)17-11-3-2-8(16)6-10(11)12(13,14)15/h2-3,6,9,17-18H,4-5,7,16H2,1H3.